The summed E-state index contributed by atoms with van der Waals surface area (Å²) in [6.07, 6.45) is -6.92. The van der Waals surface area contributed by atoms with Crippen LogP contribution in [0.4, 0.5) is 8.78 Å². The number of rotatable bonds is 13. The molecule has 9 heteroatoms. The van der Waals surface area contributed by atoms with Crippen molar-refractivity contribution < 1.29 is 42.4 Å². The van der Waals surface area contributed by atoms with Crippen LogP contribution in [0.2, 0.25) is 0 Å². The largest absolute Gasteiger partial charge is 0.461 e. The predicted molar refractivity (Wildman–Crippen MR) is 142 cm³/mol. The van der Waals surface area contributed by atoms with E-state index in [1.165, 1.54) is 6.92 Å². The molecule has 7 nitrogen and oxygen atoms in total. The second kappa shape index (κ2) is 14.4. The van der Waals surface area contributed by atoms with Crippen LogP contribution in [0.3, 0.4) is 0 Å². The molecule has 0 spiro atoms. The summed E-state index contributed by atoms with van der Waals surface area (Å²) in [6, 6.07) is 27.5. The van der Waals surface area contributed by atoms with Gasteiger partial charge in [0, 0.05) is 0 Å². The lowest BCUT2D eigenvalue weighted by atomic mass is 9.90. The van der Waals surface area contributed by atoms with Gasteiger partial charge in [-0.05, 0) is 23.6 Å². The molecular formula is C31H34F2O7. The lowest BCUT2D eigenvalue weighted by Gasteiger charge is -2.47. The van der Waals surface area contributed by atoms with Crippen LogP contribution in [0.25, 0.3) is 0 Å². The van der Waals surface area contributed by atoms with Crippen LogP contribution < -0.4 is 0 Å². The van der Waals surface area contributed by atoms with E-state index in [0.29, 0.717) is 0 Å². The summed E-state index contributed by atoms with van der Waals surface area (Å²) in [4.78, 5) is 12.4. The van der Waals surface area contributed by atoms with Crippen LogP contribution in [0.5, 0.6) is 0 Å². The molecule has 40 heavy (non-hydrogen) atoms. The standard InChI is InChI=1S/C31H34F2O7/c1-2-36-30(35)31(32,33)29-28(39-21-24-16-10-5-11-17-24)27(38-20-23-14-8-4-9-15-23)26(25(18-34)40-29)37-19-22-12-6-3-7-13-22/h3-17,25-29,34H,2,18-21H2,1H3/t25-,26+,27-,28+,29+/m0/s1. The highest BCUT2D eigenvalue weighted by atomic mass is 19.3. The first-order chi connectivity index (χ1) is 19.4. The first kappa shape index (κ1) is 29.8. The number of benzene rings is 3. The minimum absolute atomic E-state index is 0.0509. The Labute approximate surface area is 232 Å². The van der Waals surface area contributed by atoms with Crippen LogP contribution in [0.1, 0.15) is 23.6 Å². The zero-order valence-corrected chi connectivity index (χ0v) is 22.2. The highest BCUT2D eigenvalue weighted by Gasteiger charge is 2.61. The van der Waals surface area contributed by atoms with Gasteiger partial charge >= 0.3 is 11.9 Å². The zero-order valence-electron chi connectivity index (χ0n) is 22.2. The number of esters is 1. The van der Waals surface area contributed by atoms with E-state index < -0.39 is 49.0 Å². The number of hydrogen-bond acceptors (Lipinski definition) is 7. The summed E-state index contributed by atoms with van der Waals surface area (Å²) < 4.78 is 60.2. The van der Waals surface area contributed by atoms with E-state index in [9.17, 15) is 9.90 Å². The molecule has 1 heterocycles. The molecule has 214 valence electrons. The summed E-state index contributed by atoms with van der Waals surface area (Å²) in [5.41, 5.74) is 2.36. The maximum atomic E-state index is 15.6. The summed E-state index contributed by atoms with van der Waals surface area (Å²) in [7, 11) is 0. The summed E-state index contributed by atoms with van der Waals surface area (Å²) >= 11 is 0. The summed E-state index contributed by atoms with van der Waals surface area (Å²) in [6.45, 7) is 0.667. The van der Waals surface area contributed by atoms with E-state index >= 15 is 8.78 Å². The Morgan fingerprint density at radius 3 is 1.60 bits per heavy atom. The number of carbonyl (C=O) groups is 1. The minimum atomic E-state index is -4.09. The van der Waals surface area contributed by atoms with Gasteiger partial charge in [0.15, 0.2) is 6.10 Å². The zero-order chi connectivity index (χ0) is 28.4. The van der Waals surface area contributed by atoms with Crippen LogP contribution in [0.15, 0.2) is 91.0 Å². The molecule has 0 radical (unpaired) electrons. The fraction of sp³-hybridized carbons (Fsp3) is 0.387. The van der Waals surface area contributed by atoms with Crippen molar-refractivity contribution in [3.63, 3.8) is 0 Å². The number of alkyl halides is 2. The smallest absolute Gasteiger partial charge is 0.379 e. The second-order valence-electron chi connectivity index (χ2n) is 9.40. The van der Waals surface area contributed by atoms with E-state index in [2.05, 4.69) is 4.74 Å². The molecule has 0 aromatic heterocycles. The normalized spacial score (nSPS) is 23.1. The monoisotopic (exact) mass is 556 g/mol. The molecule has 0 aliphatic carbocycles. The molecule has 5 atom stereocenters. The SMILES string of the molecule is CCOC(=O)C(F)(F)[C@@H]1O[C@@H](CO)[C@@H](OCc2ccccc2)[C@H](OCc2ccccc2)[C@H]1OCc1ccccc1. The van der Waals surface area contributed by atoms with E-state index in [1.807, 2.05) is 66.7 Å². The number of halogens is 2. The third kappa shape index (κ3) is 7.50. The molecular weight excluding hydrogens is 522 g/mol. The van der Waals surface area contributed by atoms with Gasteiger partial charge in [0.25, 0.3) is 0 Å². The molecule has 4 rings (SSSR count). The third-order valence-corrected chi connectivity index (χ3v) is 6.57. The molecule has 1 saturated heterocycles. The number of carbonyl (C=O) groups excluding carboxylic acids is 1. The maximum absolute atomic E-state index is 15.6. The second-order valence-corrected chi connectivity index (χ2v) is 9.40. The lowest BCUT2D eigenvalue weighted by molar-refractivity contribution is -0.306. The summed E-state index contributed by atoms with van der Waals surface area (Å²) in [5, 5.41) is 10.2. The molecule has 1 N–H and O–H groups in total. The Morgan fingerprint density at radius 1 is 0.750 bits per heavy atom. The van der Waals surface area contributed by atoms with E-state index in [1.54, 1.807) is 24.3 Å². The summed E-state index contributed by atoms with van der Waals surface area (Å²) in [5.74, 6) is -5.83. The van der Waals surface area contributed by atoms with Crippen molar-refractivity contribution >= 4 is 5.97 Å². The Kier molecular flexibility index (Phi) is 10.7. The van der Waals surface area contributed by atoms with Gasteiger partial charge in [-0.2, -0.15) is 8.78 Å². The maximum Gasteiger partial charge on any atom is 0.379 e. The van der Waals surface area contributed by atoms with Crippen molar-refractivity contribution in [3.05, 3.63) is 108 Å². The lowest BCUT2D eigenvalue weighted by Crippen LogP contribution is -2.66. The quantitative estimate of drug-likeness (QED) is 0.306. The van der Waals surface area contributed by atoms with Gasteiger partial charge in [-0.3, -0.25) is 0 Å². The molecule has 0 saturated carbocycles. The van der Waals surface area contributed by atoms with Crippen LogP contribution >= 0.6 is 0 Å². The van der Waals surface area contributed by atoms with Crippen LogP contribution in [-0.2, 0) is 48.3 Å². The topological polar surface area (TPSA) is 83.5 Å². The minimum Gasteiger partial charge on any atom is -0.461 e. The number of ether oxygens (including phenoxy) is 5. The molecule has 3 aromatic carbocycles. The van der Waals surface area contributed by atoms with Gasteiger partial charge in [-0.25, -0.2) is 4.79 Å². The van der Waals surface area contributed by atoms with E-state index in [-0.39, 0.29) is 26.4 Å². The van der Waals surface area contributed by atoms with E-state index in [4.69, 9.17) is 18.9 Å². The van der Waals surface area contributed by atoms with Gasteiger partial charge in [-0.1, -0.05) is 91.0 Å². The fourth-order valence-corrected chi connectivity index (χ4v) is 4.57. The number of hydrogen-bond donors (Lipinski definition) is 1. The van der Waals surface area contributed by atoms with Crippen molar-refractivity contribution in [2.45, 2.75) is 63.2 Å². The first-order valence-corrected chi connectivity index (χ1v) is 13.2. The highest BCUT2D eigenvalue weighted by Crippen LogP contribution is 2.38. The van der Waals surface area contributed by atoms with Crippen LogP contribution in [-0.4, -0.2) is 60.7 Å². The molecule has 3 aromatic rings. The van der Waals surface area contributed by atoms with Crippen LogP contribution in [0, 0.1) is 0 Å². The first-order valence-electron chi connectivity index (χ1n) is 13.2. The van der Waals surface area contributed by atoms with Crippen molar-refractivity contribution in [3.8, 4) is 0 Å². The molecule has 1 aliphatic rings. The van der Waals surface area contributed by atoms with E-state index in [0.717, 1.165) is 16.7 Å². The van der Waals surface area contributed by atoms with Crippen molar-refractivity contribution in [2.75, 3.05) is 13.2 Å². The van der Waals surface area contributed by atoms with Gasteiger partial charge in [-0.15, -0.1) is 0 Å². The van der Waals surface area contributed by atoms with Gasteiger partial charge in [0.2, 0.25) is 0 Å². The van der Waals surface area contributed by atoms with Gasteiger partial charge in [0.1, 0.15) is 24.4 Å². The molecule has 0 unspecified atom stereocenters. The van der Waals surface area contributed by atoms with Crippen molar-refractivity contribution in [1.82, 2.24) is 0 Å². The molecule has 0 bridgehead atoms. The molecule has 1 aliphatic heterocycles. The van der Waals surface area contributed by atoms with Crippen molar-refractivity contribution in [1.29, 1.82) is 0 Å². The Bertz CT molecular complexity index is 1160. The molecule has 0 amide bonds. The third-order valence-electron chi connectivity index (χ3n) is 6.57. The Morgan fingerprint density at radius 2 is 1.18 bits per heavy atom. The van der Waals surface area contributed by atoms with Crippen molar-refractivity contribution in [2.24, 2.45) is 0 Å². The predicted octanol–water partition coefficient (Wildman–Crippen LogP) is 4.70. The molecule has 1 fully saturated rings. The number of aliphatic hydroxyl groups excluding tert-OH is 1. The average molecular weight is 557 g/mol. The highest BCUT2D eigenvalue weighted by molar-refractivity contribution is 5.78. The van der Waals surface area contributed by atoms with Gasteiger partial charge in [0.05, 0.1) is 33.0 Å². The fourth-order valence-electron chi connectivity index (χ4n) is 4.57. The Hall–Kier alpha value is -3.21. The average Bonchev–Trinajstić information content (AvgIpc) is 2.99. The Balaban J connectivity index is 1.69. The number of aliphatic hydroxyl groups is 1. The van der Waals surface area contributed by atoms with Gasteiger partial charge < -0.3 is 28.8 Å².